The van der Waals surface area contributed by atoms with E-state index in [4.69, 9.17) is 4.74 Å². The van der Waals surface area contributed by atoms with Crippen LogP contribution >= 0.6 is 15.9 Å². The number of ether oxygens (including phenoxy) is 1. The molecule has 0 saturated carbocycles. The third-order valence-corrected chi connectivity index (χ3v) is 3.17. The van der Waals surface area contributed by atoms with E-state index in [-0.39, 0.29) is 5.91 Å². The largest absolute Gasteiger partial charge is 0.384 e. The van der Waals surface area contributed by atoms with Crippen LogP contribution in [0.25, 0.3) is 0 Å². The summed E-state index contributed by atoms with van der Waals surface area (Å²) in [6.45, 7) is 1.45. The van der Waals surface area contributed by atoms with Crippen LogP contribution in [0.15, 0.2) is 22.7 Å². The molecule has 86 valence electrons. The number of hydrogen-bond acceptors (Lipinski definition) is 3. The molecule has 1 aromatic rings. The van der Waals surface area contributed by atoms with E-state index in [1.807, 2.05) is 6.07 Å². The zero-order chi connectivity index (χ0) is 11.9. The fraction of sp³-hybridized carbons (Fsp3) is 0.364. The Balaban J connectivity index is 2.54. The molecule has 5 heteroatoms. The fourth-order valence-electron chi connectivity index (χ4n) is 1.99. The van der Waals surface area contributed by atoms with Gasteiger partial charge in [0.15, 0.2) is 6.23 Å². The molecule has 0 fully saturated rings. The molecule has 2 unspecified atom stereocenters. The number of methoxy groups -OCH3 is 1. The molecule has 0 bridgehead atoms. The van der Waals surface area contributed by atoms with Crippen LogP contribution in [0, 0.1) is 0 Å². The number of rotatable bonds is 1. The minimum Gasteiger partial charge on any atom is -0.384 e. The predicted molar refractivity (Wildman–Crippen MR) is 63.1 cm³/mol. The van der Waals surface area contributed by atoms with Crippen molar-refractivity contribution in [2.24, 2.45) is 0 Å². The van der Waals surface area contributed by atoms with Crippen LogP contribution in [-0.2, 0) is 9.53 Å². The van der Waals surface area contributed by atoms with Crippen LogP contribution in [0.4, 0.5) is 5.69 Å². The second kappa shape index (κ2) is 4.16. The van der Waals surface area contributed by atoms with Crippen LogP contribution < -0.4 is 4.90 Å². The first-order valence-corrected chi connectivity index (χ1v) is 5.65. The third kappa shape index (κ3) is 1.65. The van der Waals surface area contributed by atoms with Crippen molar-refractivity contribution in [2.75, 3.05) is 12.0 Å². The Labute approximate surface area is 102 Å². The summed E-state index contributed by atoms with van der Waals surface area (Å²) in [4.78, 5) is 13.0. The Hall–Kier alpha value is -0.910. The number of carbonyl (C=O) groups excluding carboxylic acids is 1. The molecule has 1 heterocycles. The molecule has 2 rings (SSSR count). The number of aliphatic hydroxyl groups excluding tert-OH is 1. The van der Waals surface area contributed by atoms with Crippen LogP contribution in [0.3, 0.4) is 0 Å². The standard InChI is InChI=1S/C11H12BrNO3/c1-6(14)13-9-5-7(12)3-4-8(9)10(15)11(13)16-2/h3-5,10-11,15H,1-2H3. The molecule has 1 N–H and O–H groups in total. The number of amides is 1. The molecule has 4 nitrogen and oxygen atoms in total. The topological polar surface area (TPSA) is 49.8 Å². The molecule has 1 aliphatic rings. The highest BCUT2D eigenvalue weighted by molar-refractivity contribution is 9.10. The number of benzene rings is 1. The molecule has 0 saturated heterocycles. The molecular formula is C11H12BrNO3. The van der Waals surface area contributed by atoms with Crippen molar-refractivity contribution < 1.29 is 14.6 Å². The molecule has 0 aliphatic carbocycles. The zero-order valence-electron chi connectivity index (χ0n) is 8.98. The van der Waals surface area contributed by atoms with E-state index in [1.165, 1.54) is 18.9 Å². The zero-order valence-corrected chi connectivity index (χ0v) is 10.6. The van der Waals surface area contributed by atoms with Crippen molar-refractivity contribution in [1.82, 2.24) is 0 Å². The fourth-order valence-corrected chi connectivity index (χ4v) is 2.34. The van der Waals surface area contributed by atoms with Crippen molar-refractivity contribution >= 4 is 27.5 Å². The molecule has 1 amide bonds. The van der Waals surface area contributed by atoms with E-state index in [2.05, 4.69) is 15.9 Å². The highest BCUT2D eigenvalue weighted by Crippen LogP contribution is 2.41. The monoisotopic (exact) mass is 285 g/mol. The first kappa shape index (κ1) is 11.6. The van der Waals surface area contributed by atoms with Crippen LogP contribution in [0.1, 0.15) is 18.6 Å². The Morgan fingerprint density at radius 3 is 2.81 bits per heavy atom. The maximum Gasteiger partial charge on any atom is 0.226 e. The number of hydrogen-bond donors (Lipinski definition) is 1. The summed E-state index contributed by atoms with van der Waals surface area (Å²) in [7, 11) is 1.48. The van der Waals surface area contributed by atoms with Gasteiger partial charge < -0.3 is 9.84 Å². The minimum atomic E-state index is -0.794. The van der Waals surface area contributed by atoms with E-state index >= 15 is 0 Å². The lowest BCUT2D eigenvalue weighted by Gasteiger charge is -2.24. The van der Waals surface area contributed by atoms with Crippen LogP contribution in [0.2, 0.25) is 0 Å². The quantitative estimate of drug-likeness (QED) is 0.856. The summed E-state index contributed by atoms with van der Waals surface area (Å²) in [5.41, 5.74) is 1.41. The van der Waals surface area contributed by atoms with Crippen molar-refractivity contribution in [3.05, 3.63) is 28.2 Å². The lowest BCUT2D eigenvalue weighted by molar-refractivity contribution is -0.120. The van der Waals surface area contributed by atoms with Crippen molar-refractivity contribution in [1.29, 1.82) is 0 Å². The van der Waals surface area contributed by atoms with Gasteiger partial charge in [-0.3, -0.25) is 9.69 Å². The molecule has 0 spiro atoms. The highest BCUT2D eigenvalue weighted by Gasteiger charge is 2.39. The number of anilines is 1. The second-order valence-corrected chi connectivity index (χ2v) is 4.58. The average molecular weight is 286 g/mol. The van der Waals surface area contributed by atoms with Crippen molar-refractivity contribution in [3.8, 4) is 0 Å². The average Bonchev–Trinajstić information content (AvgIpc) is 2.50. The van der Waals surface area contributed by atoms with Gasteiger partial charge in [-0.15, -0.1) is 0 Å². The molecule has 1 aromatic carbocycles. The van der Waals surface area contributed by atoms with Gasteiger partial charge >= 0.3 is 0 Å². The van der Waals surface area contributed by atoms with Gasteiger partial charge in [-0.25, -0.2) is 0 Å². The smallest absolute Gasteiger partial charge is 0.226 e. The Kier molecular flexibility index (Phi) is 3.01. The lowest BCUT2D eigenvalue weighted by atomic mass is 10.1. The van der Waals surface area contributed by atoms with Crippen LogP contribution in [0.5, 0.6) is 0 Å². The maximum atomic E-state index is 11.6. The number of nitrogens with zero attached hydrogens (tertiary/aromatic N) is 1. The Morgan fingerprint density at radius 1 is 1.56 bits per heavy atom. The van der Waals surface area contributed by atoms with Gasteiger partial charge in [-0.2, -0.15) is 0 Å². The normalized spacial score (nSPS) is 23.4. The first-order valence-electron chi connectivity index (χ1n) is 4.86. The summed E-state index contributed by atoms with van der Waals surface area (Å²) >= 11 is 3.34. The third-order valence-electron chi connectivity index (χ3n) is 2.68. The van der Waals surface area contributed by atoms with E-state index in [9.17, 15) is 9.90 Å². The van der Waals surface area contributed by atoms with E-state index in [1.54, 1.807) is 12.1 Å². The summed E-state index contributed by atoms with van der Waals surface area (Å²) in [5, 5.41) is 10.0. The summed E-state index contributed by atoms with van der Waals surface area (Å²) < 4.78 is 6.02. The summed E-state index contributed by atoms with van der Waals surface area (Å²) in [6.07, 6.45) is -1.43. The van der Waals surface area contributed by atoms with Gasteiger partial charge in [0.1, 0.15) is 6.10 Å². The summed E-state index contributed by atoms with van der Waals surface area (Å²) in [5.74, 6) is -0.150. The molecule has 0 radical (unpaired) electrons. The number of aliphatic hydroxyl groups is 1. The van der Waals surface area contributed by atoms with E-state index in [0.717, 1.165) is 4.47 Å². The van der Waals surface area contributed by atoms with Gasteiger partial charge in [0.05, 0.1) is 5.69 Å². The van der Waals surface area contributed by atoms with Crippen molar-refractivity contribution in [3.63, 3.8) is 0 Å². The number of halogens is 1. The van der Waals surface area contributed by atoms with E-state index in [0.29, 0.717) is 11.3 Å². The lowest BCUT2D eigenvalue weighted by Crippen LogP contribution is -2.39. The van der Waals surface area contributed by atoms with Gasteiger partial charge in [0.2, 0.25) is 5.91 Å². The molecule has 0 aromatic heterocycles. The van der Waals surface area contributed by atoms with Crippen molar-refractivity contribution in [2.45, 2.75) is 19.3 Å². The molecule has 2 atom stereocenters. The maximum absolute atomic E-state index is 11.6. The SMILES string of the molecule is COC1C(O)c2ccc(Br)cc2N1C(C)=O. The highest BCUT2D eigenvalue weighted by atomic mass is 79.9. The Bertz CT molecular complexity index is 435. The van der Waals surface area contributed by atoms with Gasteiger partial charge in [-0.1, -0.05) is 22.0 Å². The second-order valence-electron chi connectivity index (χ2n) is 3.66. The Morgan fingerprint density at radius 2 is 2.25 bits per heavy atom. The predicted octanol–water partition coefficient (Wildman–Crippen LogP) is 1.82. The summed E-state index contributed by atoms with van der Waals surface area (Å²) in [6, 6.07) is 5.43. The van der Waals surface area contributed by atoms with Gasteiger partial charge in [0.25, 0.3) is 0 Å². The molecule has 16 heavy (non-hydrogen) atoms. The first-order chi connectivity index (χ1) is 7.56. The van der Waals surface area contributed by atoms with Gasteiger partial charge in [0, 0.05) is 24.1 Å². The van der Waals surface area contributed by atoms with Crippen LogP contribution in [-0.4, -0.2) is 24.4 Å². The number of fused-ring (bicyclic) bond motifs is 1. The van der Waals surface area contributed by atoms with E-state index < -0.39 is 12.3 Å². The molecular weight excluding hydrogens is 274 g/mol. The van der Waals surface area contributed by atoms with Gasteiger partial charge in [-0.05, 0) is 12.1 Å². The molecule has 1 aliphatic heterocycles. The minimum absolute atomic E-state index is 0.150. The number of carbonyl (C=O) groups is 1.